The fraction of sp³-hybridized carbons (Fsp3) is 0.267. The summed E-state index contributed by atoms with van der Waals surface area (Å²) in [6.45, 7) is 7.23. The molecule has 8 aromatic carbocycles. The number of anilines is 6. The maximum atomic E-state index is 8.17. The average molecular weight is 1420 g/mol. The molecular formula is C90H96B2N4O6S2. The van der Waals surface area contributed by atoms with Gasteiger partial charge in [-0.15, -0.1) is 22.7 Å². The highest BCUT2D eigenvalue weighted by atomic mass is 32.1. The van der Waals surface area contributed by atoms with E-state index in [1.54, 1.807) is 22.7 Å². The largest absolute Gasteiger partial charge is 0.644 e. The average Bonchev–Trinajstić information content (AvgIpc) is 1.52. The summed E-state index contributed by atoms with van der Waals surface area (Å²) < 4.78 is 46.6. The highest BCUT2D eigenvalue weighted by Gasteiger charge is 2.61. The van der Waals surface area contributed by atoms with Crippen molar-refractivity contribution in [3.8, 4) is 23.0 Å². The van der Waals surface area contributed by atoms with Gasteiger partial charge in [0.15, 0.2) is 34.3 Å². The van der Waals surface area contributed by atoms with Crippen molar-refractivity contribution in [2.45, 2.75) is 130 Å². The lowest BCUT2D eigenvalue weighted by molar-refractivity contribution is -0.327. The lowest BCUT2D eigenvalue weighted by atomic mass is 9.41. The van der Waals surface area contributed by atoms with Crippen LogP contribution in [-0.2, 0) is 9.31 Å². The van der Waals surface area contributed by atoms with Gasteiger partial charge in [-0.1, -0.05) is 248 Å². The fourth-order valence-electron chi connectivity index (χ4n) is 15.1. The van der Waals surface area contributed by atoms with Gasteiger partial charge < -0.3 is 47.0 Å². The zero-order valence-electron chi connectivity index (χ0n) is 60.8. The molecule has 104 heavy (non-hydrogen) atoms. The molecule has 0 amide bonds. The number of hydrogen-bond acceptors (Lipinski definition) is 10. The fourth-order valence-corrected chi connectivity index (χ4v) is 17.2. The molecule has 14 heteroatoms. The smallest absolute Gasteiger partial charge is 0.514 e. The van der Waals surface area contributed by atoms with Crippen LogP contribution < -0.4 is 50.6 Å². The number of unbranched alkanes of at least 4 members (excludes halogenated alkanes) is 12. The van der Waals surface area contributed by atoms with Crippen LogP contribution in [0.5, 0.6) is 23.0 Å². The van der Waals surface area contributed by atoms with Crippen LogP contribution in [-0.4, -0.2) is 59.8 Å². The van der Waals surface area contributed by atoms with E-state index in [9.17, 15) is 0 Å². The van der Waals surface area contributed by atoms with Crippen LogP contribution in [0.15, 0.2) is 290 Å². The Labute approximate surface area is 624 Å². The maximum absolute atomic E-state index is 8.17. The Morgan fingerprint density at radius 2 is 0.567 bits per heavy atom. The number of allylic oxidation sites excluding steroid dienone is 4. The summed E-state index contributed by atoms with van der Waals surface area (Å²) >= 11 is 3.52. The van der Waals surface area contributed by atoms with Crippen molar-refractivity contribution in [1.82, 2.24) is 0 Å². The minimum atomic E-state index is -2.27. The van der Waals surface area contributed by atoms with Crippen molar-refractivity contribution in [3.05, 3.63) is 300 Å². The Hall–Kier alpha value is -10.0. The molecule has 0 aliphatic carbocycles. The van der Waals surface area contributed by atoms with Gasteiger partial charge in [-0.3, -0.25) is 0 Å². The topological polar surface area (TPSA) is 67.9 Å². The molecule has 4 aliphatic rings. The van der Waals surface area contributed by atoms with Gasteiger partial charge in [-0.25, -0.2) is 0 Å². The minimum Gasteiger partial charge on any atom is -0.644 e. The van der Waals surface area contributed by atoms with Gasteiger partial charge in [0.05, 0.1) is 36.2 Å². The van der Waals surface area contributed by atoms with E-state index in [-0.39, 0.29) is 0 Å². The molecule has 2 aromatic heterocycles. The second kappa shape index (κ2) is 34.1. The highest BCUT2D eigenvalue weighted by Crippen LogP contribution is 2.48. The summed E-state index contributed by atoms with van der Waals surface area (Å²) in [6, 6.07) is 86.5. The van der Waals surface area contributed by atoms with Gasteiger partial charge in [0.2, 0.25) is 0 Å². The molecule has 0 N–H and O–H groups in total. The normalized spacial score (nSPS) is 14.6. The molecule has 10 aromatic rings. The number of benzene rings is 8. The van der Waals surface area contributed by atoms with E-state index in [1.807, 2.05) is 0 Å². The SMILES string of the molecule is CCCCCCOc1ccc(N(c2ccc(OCCCCCC)cc2)c2ccc(C3=[N+]4C(=C(C5=C6C=CC(c7ccc(N(c8ccc(OCCCCCC)cc8)c8ccc(OCCCCCC)cc8)s7)=[N+]6[B-](c6ccccc6)(c6ccccc6)O5)O[B-]4(c4ccccc4)c4ccccc4)C=C3)s2)cc1. The van der Waals surface area contributed by atoms with Crippen LogP contribution in [0.2, 0.25) is 0 Å². The second-order valence-electron chi connectivity index (χ2n) is 27.5. The van der Waals surface area contributed by atoms with Crippen LogP contribution in [0.25, 0.3) is 0 Å². The van der Waals surface area contributed by atoms with Crippen LogP contribution in [0.4, 0.5) is 32.8 Å². The molecule has 0 saturated heterocycles. The molecule has 0 bridgehead atoms. The number of rotatable bonds is 37. The quantitative estimate of drug-likeness (QED) is 0.0282. The third kappa shape index (κ3) is 15.2. The van der Waals surface area contributed by atoms with Gasteiger partial charge in [0.1, 0.15) is 33.0 Å². The second-order valence-corrected chi connectivity index (χ2v) is 29.7. The third-order valence-corrected chi connectivity index (χ3v) is 22.6. The van der Waals surface area contributed by atoms with E-state index in [0.29, 0.717) is 37.9 Å². The van der Waals surface area contributed by atoms with Gasteiger partial charge in [0.25, 0.3) is 0 Å². The molecule has 0 saturated carbocycles. The number of thiophene rings is 2. The molecule has 0 fully saturated rings. The van der Waals surface area contributed by atoms with Crippen molar-refractivity contribution in [2.24, 2.45) is 0 Å². The Bertz CT molecular complexity index is 4180. The predicted molar refractivity (Wildman–Crippen MR) is 436 cm³/mol. The zero-order chi connectivity index (χ0) is 70.9. The molecule has 530 valence electrons. The van der Waals surface area contributed by atoms with Crippen molar-refractivity contribution in [2.75, 3.05) is 36.2 Å². The molecule has 10 nitrogen and oxygen atoms in total. The van der Waals surface area contributed by atoms with E-state index < -0.39 is 13.0 Å². The molecule has 6 heterocycles. The van der Waals surface area contributed by atoms with E-state index in [4.69, 9.17) is 28.3 Å². The molecule has 14 rings (SSSR count). The maximum Gasteiger partial charge on any atom is 0.514 e. The lowest BCUT2D eigenvalue weighted by Gasteiger charge is -2.35. The Kier molecular flexibility index (Phi) is 23.3. The lowest BCUT2D eigenvalue weighted by Crippen LogP contribution is -2.67. The summed E-state index contributed by atoms with van der Waals surface area (Å²) in [5.41, 5.74) is 12.1. The van der Waals surface area contributed by atoms with Crippen LogP contribution >= 0.6 is 22.7 Å². The molecular weight excluding hydrogens is 1320 g/mol. The first-order valence-electron chi connectivity index (χ1n) is 38.2. The molecule has 0 atom stereocenters. The third-order valence-electron chi connectivity index (χ3n) is 20.4. The molecule has 0 radical (unpaired) electrons. The first-order valence-corrected chi connectivity index (χ1v) is 39.9. The zero-order valence-corrected chi connectivity index (χ0v) is 62.4. The standard InChI is InChI=1S/C90H96B2N4O6S2/c1-5-9-13-29-65-97-77-49-41-73(42-50-77)93(74-43-51-78(52-44-74)98-66-30-14-10-6-2)87-63-61-85(103-87)81-57-59-83-89(101-91(95(81)83,69-33-21-17-22-34-69)70-35-23-18-24-36-70)90-84-60-58-82(96(84)92(102-90,71-37-25-19-26-38-71)72-39-27-20-28-40-72)86-62-64-88(104-86)94(75-45-53-79(54-46-75)99-67-31-15-11-7-3)76-47-55-80(56-48-76)100-68-32-16-12-8-4/h17-28,33-64H,5-16,29-32,65-68H2,1-4H3. The van der Waals surface area contributed by atoms with Gasteiger partial charge in [-0.2, -0.15) is 0 Å². The predicted octanol–water partition coefficient (Wildman–Crippen LogP) is 21.0. The number of hydrogen-bond donors (Lipinski definition) is 0. The number of fused-ring (bicyclic) bond motifs is 2. The van der Waals surface area contributed by atoms with E-state index >= 15 is 0 Å². The Morgan fingerprint density at radius 1 is 0.298 bits per heavy atom. The molecule has 4 aliphatic heterocycles. The number of nitrogens with zero attached hydrogens (tertiary/aromatic N) is 4. The summed E-state index contributed by atoms with van der Waals surface area (Å²) in [6.07, 6.45) is 27.5. The van der Waals surface area contributed by atoms with Crippen LogP contribution in [0.1, 0.15) is 140 Å². The monoisotopic (exact) mass is 1410 g/mol. The first-order chi connectivity index (χ1) is 51.4. The van der Waals surface area contributed by atoms with E-state index in [2.05, 4.69) is 313 Å². The van der Waals surface area contributed by atoms with E-state index in [0.717, 1.165) is 136 Å². The summed E-state index contributed by atoms with van der Waals surface area (Å²) in [4.78, 5) is 6.87. The van der Waals surface area contributed by atoms with Crippen molar-refractivity contribution >= 4 is 102 Å². The van der Waals surface area contributed by atoms with Crippen LogP contribution in [0, 0.1) is 0 Å². The summed E-state index contributed by atoms with van der Waals surface area (Å²) in [7, 11) is 0. The summed E-state index contributed by atoms with van der Waals surface area (Å²) in [5, 5.41) is 2.11. The summed E-state index contributed by atoms with van der Waals surface area (Å²) in [5.74, 6) is 4.82. The molecule has 0 spiro atoms. The first kappa shape index (κ1) is 71.0. The van der Waals surface area contributed by atoms with Crippen molar-refractivity contribution < 1.29 is 37.2 Å². The van der Waals surface area contributed by atoms with Crippen LogP contribution in [0.3, 0.4) is 0 Å². The Morgan fingerprint density at radius 3 is 0.827 bits per heavy atom. The Balaban J connectivity index is 0.899. The minimum absolute atomic E-state index is 0.670. The van der Waals surface area contributed by atoms with E-state index in [1.165, 1.54) is 77.0 Å². The number of ether oxygens (including phenoxy) is 4. The van der Waals surface area contributed by atoms with Gasteiger partial charge in [0, 0.05) is 47.1 Å². The van der Waals surface area contributed by atoms with Gasteiger partial charge in [-0.05, 0) is 147 Å². The van der Waals surface area contributed by atoms with Crippen molar-refractivity contribution in [1.29, 1.82) is 0 Å². The van der Waals surface area contributed by atoms with Gasteiger partial charge >= 0.3 is 13.0 Å². The molecule has 0 unspecified atom stereocenters. The van der Waals surface area contributed by atoms with Crippen molar-refractivity contribution in [3.63, 3.8) is 0 Å². The highest BCUT2D eigenvalue weighted by molar-refractivity contribution is 7.18.